The van der Waals surface area contributed by atoms with E-state index in [2.05, 4.69) is 54.5 Å². The van der Waals surface area contributed by atoms with Crippen molar-refractivity contribution in [1.29, 1.82) is 0 Å². The molecule has 0 fully saturated rings. The number of hydrogen-bond donors (Lipinski definition) is 2. The van der Waals surface area contributed by atoms with Gasteiger partial charge in [-0.2, -0.15) is 0 Å². The predicted octanol–water partition coefficient (Wildman–Crippen LogP) is 4.55. The number of aromatic nitrogens is 1. The highest BCUT2D eigenvalue weighted by molar-refractivity contribution is 5.84. The Kier molecular flexibility index (Phi) is 4.91. The first-order valence-electron chi connectivity index (χ1n) is 8.60. The largest absolute Gasteiger partial charge is 0.491 e. The quantitative estimate of drug-likeness (QED) is 0.699. The maximum absolute atomic E-state index is 6.11. The summed E-state index contributed by atoms with van der Waals surface area (Å²) in [6, 6.07) is 14.8. The molecule has 3 nitrogen and oxygen atoms in total. The SMILES string of the molecule is Cc1ccc2[nH]cc(C(CN)Cc3cccc(OC(C)C)c3)c2c1. The minimum Gasteiger partial charge on any atom is -0.491 e. The van der Waals surface area contributed by atoms with Crippen LogP contribution in [-0.2, 0) is 6.42 Å². The van der Waals surface area contributed by atoms with Crippen LogP contribution in [0.3, 0.4) is 0 Å². The first-order valence-corrected chi connectivity index (χ1v) is 8.60. The van der Waals surface area contributed by atoms with Crippen LogP contribution in [0.15, 0.2) is 48.7 Å². The number of benzene rings is 2. The summed E-state index contributed by atoms with van der Waals surface area (Å²) in [6.45, 7) is 6.84. The van der Waals surface area contributed by atoms with Crippen molar-refractivity contribution in [2.75, 3.05) is 6.54 Å². The fraction of sp³-hybridized carbons (Fsp3) is 0.333. The van der Waals surface area contributed by atoms with Crippen molar-refractivity contribution in [3.8, 4) is 5.75 Å². The van der Waals surface area contributed by atoms with Gasteiger partial charge in [0, 0.05) is 23.0 Å². The molecule has 0 aliphatic carbocycles. The number of fused-ring (bicyclic) bond motifs is 1. The molecule has 3 heteroatoms. The lowest BCUT2D eigenvalue weighted by molar-refractivity contribution is 0.242. The molecule has 0 radical (unpaired) electrons. The molecule has 2 aromatic carbocycles. The number of H-pyrrole nitrogens is 1. The lowest BCUT2D eigenvalue weighted by Gasteiger charge is -2.16. The highest BCUT2D eigenvalue weighted by Gasteiger charge is 2.16. The van der Waals surface area contributed by atoms with Crippen LogP contribution in [0.5, 0.6) is 5.75 Å². The monoisotopic (exact) mass is 322 g/mol. The van der Waals surface area contributed by atoms with Crippen LogP contribution in [0.2, 0.25) is 0 Å². The van der Waals surface area contributed by atoms with Gasteiger partial charge >= 0.3 is 0 Å². The van der Waals surface area contributed by atoms with Gasteiger partial charge in [0.1, 0.15) is 5.75 Å². The van der Waals surface area contributed by atoms with Crippen molar-refractivity contribution >= 4 is 10.9 Å². The van der Waals surface area contributed by atoms with Crippen LogP contribution in [0.4, 0.5) is 0 Å². The number of nitrogens with two attached hydrogens (primary N) is 1. The number of rotatable bonds is 6. The average Bonchev–Trinajstić information content (AvgIpc) is 2.95. The Balaban J connectivity index is 1.87. The van der Waals surface area contributed by atoms with Gasteiger partial charge in [0.05, 0.1) is 6.10 Å². The molecule has 24 heavy (non-hydrogen) atoms. The van der Waals surface area contributed by atoms with Gasteiger partial charge in [0.2, 0.25) is 0 Å². The topological polar surface area (TPSA) is 51.0 Å². The Hall–Kier alpha value is -2.26. The molecule has 1 heterocycles. The van der Waals surface area contributed by atoms with Crippen LogP contribution < -0.4 is 10.5 Å². The molecule has 0 saturated carbocycles. The Morgan fingerprint density at radius 1 is 1.12 bits per heavy atom. The van der Waals surface area contributed by atoms with Gasteiger partial charge in [-0.1, -0.05) is 23.8 Å². The van der Waals surface area contributed by atoms with Crippen LogP contribution in [-0.4, -0.2) is 17.6 Å². The van der Waals surface area contributed by atoms with Crippen LogP contribution >= 0.6 is 0 Å². The van der Waals surface area contributed by atoms with Crippen molar-refractivity contribution in [2.24, 2.45) is 5.73 Å². The highest BCUT2D eigenvalue weighted by atomic mass is 16.5. The summed E-state index contributed by atoms with van der Waals surface area (Å²) in [5.74, 6) is 1.21. The van der Waals surface area contributed by atoms with E-state index in [1.165, 1.54) is 27.6 Å². The molecule has 1 unspecified atom stereocenters. The van der Waals surface area contributed by atoms with Crippen LogP contribution in [0.25, 0.3) is 10.9 Å². The van der Waals surface area contributed by atoms with E-state index in [9.17, 15) is 0 Å². The fourth-order valence-corrected chi connectivity index (χ4v) is 3.22. The lowest BCUT2D eigenvalue weighted by Crippen LogP contribution is -2.15. The van der Waals surface area contributed by atoms with Gasteiger partial charge in [-0.15, -0.1) is 0 Å². The molecule has 0 amide bonds. The van der Waals surface area contributed by atoms with Gasteiger partial charge in [-0.3, -0.25) is 0 Å². The lowest BCUT2D eigenvalue weighted by atomic mass is 9.91. The molecule has 3 rings (SSSR count). The van der Waals surface area contributed by atoms with Crippen molar-refractivity contribution in [3.05, 3.63) is 65.4 Å². The van der Waals surface area contributed by atoms with Crippen LogP contribution in [0.1, 0.15) is 36.5 Å². The molecular formula is C21H26N2O. The zero-order valence-corrected chi connectivity index (χ0v) is 14.7. The Morgan fingerprint density at radius 2 is 1.96 bits per heavy atom. The number of nitrogens with one attached hydrogen (secondary N) is 1. The molecule has 1 aromatic heterocycles. The van der Waals surface area contributed by atoms with Gasteiger partial charge < -0.3 is 15.5 Å². The standard InChI is InChI=1S/C21H26N2O/c1-14(2)24-18-6-4-5-16(11-18)10-17(12-22)20-13-23-21-8-7-15(3)9-19(20)21/h4-9,11,13-14,17,23H,10,12,22H2,1-3H3. The van der Waals surface area contributed by atoms with E-state index in [0.29, 0.717) is 6.54 Å². The minimum atomic E-state index is 0.183. The number of hydrogen-bond acceptors (Lipinski definition) is 2. The number of ether oxygens (including phenoxy) is 1. The van der Waals surface area contributed by atoms with Crippen molar-refractivity contribution in [1.82, 2.24) is 4.98 Å². The van der Waals surface area contributed by atoms with E-state index in [-0.39, 0.29) is 12.0 Å². The molecule has 0 bridgehead atoms. The Morgan fingerprint density at radius 3 is 2.71 bits per heavy atom. The van der Waals surface area contributed by atoms with Gasteiger partial charge in [-0.05, 0) is 69.1 Å². The van der Waals surface area contributed by atoms with E-state index in [1.807, 2.05) is 19.9 Å². The molecule has 0 spiro atoms. The zero-order chi connectivity index (χ0) is 17.1. The summed E-state index contributed by atoms with van der Waals surface area (Å²) in [4.78, 5) is 3.37. The average molecular weight is 322 g/mol. The number of aryl methyl sites for hydroxylation is 1. The Labute approximate surface area is 143 Å². The van der Waals surface area contributed by atoms with Gasteiger partial charge in [0.25, 0.3) is 0 Å². The maximum atomic E-state index is 6.11. The van der Waals surface area contributed by atoms with Crippen LogP contribution in [0, 0.1) is 6.92 Å². The summed E-state index contributed by atoms with van der Waals surface area (Å²) in [7, 11) is 0. The molecular weight excluding hydrogens is 296 g/mol. The van der Waals surface area contributed by atoms with Crippen molar-refractivity contribution in [3.63, 3.8) is 0 Å². The summed E-state index contributed by atoms with van der Waals surface area (Å²) in [5.41, 5.74) is 11.1. The summed E-state index contributed by atoms with van der Waals surface area (Å²) in [5, 5.41) is 1.28. The van der Waals surface area contributed by atoms with E-state index >= 15 is 0 Å². The molecule has 3 aromatic rings. The first-order chi connectivity index (χ1) is 11.6. The van der Waals surface area contributed by atoms with E-state index in [4.69, 9.17) is 10.5 Å². The Bertz CT molecular complexity index is 820. The summed E-state index contributed by atoms with van der Waals surface area (Å²) >= 11 is 0. The molecule has 0 saturated heterocycles. The second-order valence-corrected chi connectivity index (χ2v) is 6.74. The summed E-state index contributed by atoms with van der Waals surface area (Å²) < 4.78 is 5.81. The zero-order valence-electron chi connectivity index (χ0n) is 14.7. The third kappa shape index (κ3) is 3.62. The molecule has 0 aliphatic rings. The maximum Gasteiger partial charge on any atom is 0.119 e. The van der Waals surface area contributed by atoms with E-state index < -0.39 is 0 Å². The first kappa shape index (κ1) is 16.6. The van der Waals surface area contributed by atoms with Gasteiger partial charge in [0.15, 0.2) is 0 Å². The second-order valence-electron chi connectivity index (χ2n) is 6.74. The fourth-order valence-electron chi connectivity index (χ4n) is 3.22. The predicted molar refractivity (Wildman–Crippen MR) is 101 cm³/mol. The second kappa shape index (κ2) is 7.10. The third-order valence-electron chi connectivity index (χ3n) is 4.35. The third-order valence-corrected chi connectivity index (χ3v) is 4.35. The minimum absolute atomic E-state index is 0.183. The van der Waals surface area contributed by atoms with Crippen molar-refractivity contribution < 1.29 is 4.74 Å². The smallest absolute Gasteiger partial charge is 0.119 e. The normalized spacial score (nSPS) is 12.7. The highest BCUT2D eigenvalue weighted by Crippen LogP contribution is 2.29. The molecule has 3 N–H and O–H groups in total. The van der Waals surface area contributed by atoms with Gasteiger partial charge in [-0.25, -0.2) is 0 Å². The van der Waals surface area contributed by atoms with Crippen molar-refractivity contribution in [2.45, 2.75) is 39.2 Å². The number of aromatic amines is 1. The van der Waals surface area contributed by atoms with E-state index in [0.717, 1.165) is 12.2 Å². The summed E-state index contributed by atoms with van der Waals surface area (Å²) in [6.07, 6.45) is 3.20. The molecule has 0 aliphatic heterocycles. The molecule has 126 valence electrons. The van der Waals surface area contributed by atoms with E-state index in [1.54, 1.807) is 0 Å². The molecule has 1 atom stereocenters.